The van der Waals surface area contributed by atoms with E-state index in [1.54, 1.807) is 0 Å². The first-order valence-electron chi connectivity index (χ1n) is 7.44. The molecule has 0 radical (unpaired) electrons. The van der Waals surface area contributed by atoms with Gasteiger partial charge in [0.1, 0.15) is 0 Å². The number of pyridine rings is 1. The van der Waals surface area contributed by atoms with E-state index in [-0.39, 0.29) is 12.0 Å². The average Bonchev–Trinajstić information content (AvgIpc) is 2.88. The Morgan fingerprint density at radius 1 is 1.29 bits per heavy atom. The van der Waals surface area contributed by atoms with Crippen molar-refractivity contribution in [2.75, 3.05) is 6.54 Å². The van der Waals surface area contributed by atoms with Crippen LogP contribution in [0.3, 0.4) is 0 Å². The van der Waals surface area contributed by atoms with Gasteiger partial charge in [-0.05, 0) is 35.6 Å². The SMILES string of the molecule is NC1NCC2(CCc3c(cccc3-c3cccnc3)C2)O1. The molecule has 4 rings (SSSR count). The van der Waals surface area contributed by atoms with E-state index in [2.05, 4.69) is 34.6 Å². The predicted molar refractivity (Wildman–Crippen MR) is 81.5 cm³/mol. The lowest BCUT2D eigenvalue weighted by molar-refractivity contribution is -0.0440. The summed E-state index contributed by atoms with van der Waals surface area (Å²) >= 11 is 0. The standard InChI is InChI=1S/C17H19N3O/c18-16-20-11-17(21-16)7-6-15-12(9-17)3-1-5-14(15)13-4-2-8-19-10-13/h1-5,8,10,16,20H,6-7,9,11,18H2. The molecule has 21 heavy (non-hydrogen) atoms. The minimum atomic E-state index is -0.326. The number of benzene rings is 1. The van der Waals surface area contributed by atoms with Crippen LogP contribution < -0.4 is 11.1 Å². The Kier molecular flexibility index (Phi) is 3.03. The molecule has 1 aliphatic carbocycles. The quantitative estimate of drug-likeness (QED) is 0.837. The summed E-state index contributed by atoms with van der Waals surface area (Å²) in [5.74, 6) is 0. The van der Waals surface area contributed by atoms with Crippen molar-refractivity contribution in [2.45, 2.75) is 31.2 Å². The molecule has 2 atom stereocenters. The van der Waals surface area contributed by atoms with Crippen LogP contribution in [0.25, 0.3) is 11.1 Å². The monoisotopic (exact) mass is 281 g/mol. The van der Waals surface area contributed by atoms with Crippen LogP contribution in [-0.2, 0) is 17.6 Å². The van der Waals surface area contributed by atoms with E-state index in [0.717, 1.165) is 25.8 Å². The molecule has 1 aromatic heterocycles. The third kappa shape index (κ3) is 2.25. The summed E-state index contributed by atoms with van der Waals surface area (Å²) < 4.78 is 5.95. The van der Waals surface area contributed by atoms with Gasteiger partial charge in [-0.3, -0.25) is 16.0 Å². The zero-order valence-electron chi connectivity index (χ0n) is 11.9. The minimum absolute atomic E-state index is 0.125. The number of hydrogen-bond donors (Lipinski definition) is 2. The normalized spacial score (nSPS) is 27.8. The van der Waals surface area contributed by atoms with Crippen LogP contribution in [0.15, 0.2) is 42.7 Å². The molecule has 108 valence electrons. The average molecular weight is 281 g/mol. The highest BCUT2D eigenvalue weighted by Crippen LogP contribution is 2.38. The van der Waals surface area contributed by atoms with Crippen molar-refractivity contribution < 1.29 is 4.74 Å². The summed E-state index contributed by atoms with van der Waals surface area (Å²) in [5, 5.41) is 3.20. The second-order valence-corrected chi connectivity index (χ2v) is 5.96. The molecule has 2 aromatic rings. The number of nitrogens with two attached hydrogens (primary N) is 1. The Bertz CT molecular complexity index is 658. The molecule has 0 bridgehead atoms. The molecule has 1 fully saturated rings. The largest absolute Gasteiger partial charge is 0.342 e. The lowest BCUT2D eigenvalue weighted by Crippen LogP contribution is -2.40. The molecule has 3 N–H and O–H groups in total. The number of hydrogen-bond acceptors (Lipinski definition) is 4. The fourth-order valence-electron chi connectivity index (χ4n) is 3.57. The maximum atomic E-state index is 5.95. The highest BCUT2D eigenvalue weighted by Gasteiger charge is 2.41. The number of fused-ring (bicyclic) bond motifs is 1. The van der Waals surface area contributed by atoms with Gasteiger partial charge in [0.25, 0.3) is 0 Å². The molecule has 2 heterocycles. The molecular formula is C17H19N3O. The molecule has 2 unspecified atom stereocenters. The Balaban J connectivity index is 1.72. The topological polar surface area (TPSA) is 60.2 Å². The molecule has 0 amide bonds. The van der Waals surface area contributed by atoms with Gasteiger partial charge in [0, 0.05) is 30.9 Å². The first kappa shape index (κ1) is 13.0. The molecular weight excluding hydrogens is 262 g/mol. The number of ether oxygens (including phenoxy) is 1. The predicted octanol–water partition coefficient (Wildman–Crippen LogP) is 1.84. The molecule has 1 aliphatic heterocycles. The van der Waals surface area contributed by atoms with E-state index >= 15 is 0 Å². The molecule has 0 saturated carbocycles. The zero-order valence-corrected chi connectivity index (χ0v) is 11.9. The van der Waals surface area contributed by atoms with Gasteiger partial charge < -0.3 is 4.74 Å². The zero-order chi connectivity index (χ0) is 14.3. The van der Waals surface area contributed by atoms with Crippen LogP contribution in [0.1, 0.15) is 17.5 Å². The van der Waals surface area contributed by atoms with Crippen LogP contribution >= 0.6 is 0 Å². The second-order valence-electron chi connectivity index (χ2n) is 5.96. The third-order valence-electron chi connectivity index (χ3n) is 4.59. The summed E-state index contributed by atoms with van der Waals surface area (Å²) in [6.45, 7) is 0.838. The summed E-state index contributed by atoms with van der Waals surface area (Å²) in [5.41, 5.74) is 11.0. The molecule has 1 saturated heterocycles. The number of nitrogens with one attached hydrogen (secondary N) is 1. The van der Waals surface area contributed by atoms with Crippen LogP contribution in [-0.4, -0.2) is 23.5 Å². The van der Waals surface area contributed by atoms with Crippen molar-refractivity contribution >= 4 is 0 Å². The molecule has 4 nitrogen and oxygen atoms in total. The first-order chi connectivity index (χ1) is 10.3. The van der Waals surface area contributed by atoms with Gasteiger partial charge in [-0.2, -0.15) is 0 Å². The van der Waals surface area contributed by atoms with Gasteiger partial charge in [0.05, 0.1) is 5.60 Å². The van der Waals surface area contributed by atoms with Gasteiger partial charge in [0.15, 0.2) is 6.35 Å². The van der Waals surface area contributed by atoms with E-state index < -0.39 is 0 Å². The maximum Gasteiger partial charge on any atom is 0.161 e. The van der Waals surface area contributed by atoms with Crippen LogP contribution in [0.4, 0.5) is 0 Å². The molecule has 4 heteroatoms. The van der Waals surface area contributed by atoms with Gasteiger partial charge in [-0.15, -0.1) is 0 Å². The Hall–Kier alpha value is -1.75. The van der Waals surface area contributed by atoms with Gasteiger partial charge in [-0.1, -0.05) is 24.3 Å². The lowest BCUT2D eigenvalue weighted by atomic mass is 9.78. The van der Waals surface area contributed by atoms with E-state index in [1.165, 1.54) is 22.3 Å². The number of aromatic nitrogens is 1. The molecule has 1 aromatic carbocycles. The molecule has 1 spiro atoms. The summed E-state index contributed by atoms with van der Waals surface area (Å²) in [7, 11) is 0. The first-order valence-corrected chi connectivity index (χ1v) is 7.44. The summed E-state index contributed by atoms with van der Waals surface area (Å²) in [6, 6.07) is 10.6. The van der Waals surface area contributed by atoms with Crippen LogP contribution in [0, 0.1) is 0 Å². The van der Waals surface area contributed by atoms with Crippen molar-refractivity contribution in [3.8, 4) is 11.1 Å². The van der Waals surface area contributed by atoms with Crippen molar-refractivity contribution in [2.24, 2.45) is 5.73 Å². The van der Waals surface area contributed by atoms with Crippen molar-refractivity contribution in [1.82, 2.24) is 10.3 Å². The highest BCUT2D eigenvalue weighted by molar-refractivity contribution is 5.68. The molecule has 2 aliphatic rings. The van der Waals surface area contributed by atoms with E-state index in [0.29, 0.717) is 0 Å². The Labute approximate surface area is 124 Å². The smallest absolute Gasteiger partial charge is 0.161 e. The summed E-state index contributed by atoms with van der Waals surface area (Å²) in [6.07, 6.45) is 6.38. The fourth-order valence-corrected chi connectivity index (χ4v) is 3.57. The summed E-state index contributed by atoms with van der Waals surface area (Å²) in [4.78, 5) is 4.24. The van der Waals surface area contributed by atoms with E-state index in [9.17, 15) is 0 Å². The Morgan fingerprint density at radius 3 is 3.00 bits per heavy atom. The minimum Gasteiger partial charge on any atom is -0.342 e. The van der Waals surface area contributed by atoms with Crippen molar-refractivity contribution in [3.63, 3.8) is 0 Å². The number of nitrogens with zero attached hydrogens (tertiary/aromatic N) is 1. The van der Waals surface area contributed by atoms with Crippen molar-refractivity contribution in [3.05, 3.63) is 53.9 Å². The third-order valence-corrected chi connectivity index (χ3v) is 4.59. The number of rotatable bonds is 1. The Morgan fingerprint density at radius 2 is 2.24 bits per heavy atom. The van der Waals surface area contributed by atoms with Crippen molar-refractivity contribution in [1.29, 1.82) is 0 Å². The van der Waals surface area contributed by atoms with Crippen LogP contribution in [0.5, 0.6) is 0 Å². The van der Waals surface area contributed by atoms with E-state index in [1.807, 2.05) is 18.5 Å². The van der Waals surface area contributed by atoms with E-state index in [4.69, 9.17) is 10.5 Å². The van der Waals surface area contributed by atoms with Crippen LogP contribution in [0.2, 0.25) is 0 Å². The maximum absolute atomic E-state index is 5.95. The van der Waals surface area contributed by atoms with Gasteiger partial charge in [-0.25, -0.2) is 0 Å². The second kappa shape index (κ2) is 4.91. The van der Waals surface area contributed by atoms with Gasteiger partial charge in [0.2, 0.25) is 0 Å². The highest BCUT2D eigenvalue weighted by atomic mass is 16.5. The van der Waals surface area contributed by atoms with Gasteiger partial charge >= 0.3 is 0 Å². The fraction of sp³-hybridized carbons (Fsp3) is 0.353. The lowest BCUT2D eigenvalue weighted by Gasteiger charge is -2.34.